The van der Waals surface area contributed by atoms with Crippen LogP contribution in [0.2, 0.25) is 0 Å². The number of ether oxygens (including phenoxy) is 1. The number of nitrogens with one attached hydrogen (secondary N) is 2. The molecule has 0 unspecified atom stereocenters. The number of nitrogens with zero attached hydrogens (tertiary/aromatic N) is 2. The number of hydrogen-bond donors (Lipinski definition) is 2. The largest absolute Gasteiger partial charge is 0.385 e. The smallest absolute Gasteiger partial charge is 0.191 e. The molecule has 124 valence electrons. The minimum Gasteiger partial charge on any atom is -0.385 e. The number of hydrogen-bond acceptors (Lipinski definition) is 3. The summed E-state index contributed by atoms with van der Waals surface area (Å²) in [5.74, 6) is 0.600. The molecule has 0 saturated heterocycles. The Labute approximate surface area is 132 Å². The zero-order valence-corrected chi connectivity index (χ0v) is 13.7. The Bertz CT molecular complexity index is 436. The van der Waals surface area contributed by atoms with Crippen molar-refractivity contribution in [3.8, 4) is 0 Å². The topological polar surface area (TPSA) is 48.9 Å². The number of guanidine groups is 1. The Balaban J connectivity index is 2.20. The molecule has 0 aliphatic heterocycles. The van der Waals surface area contributed by atoms with Crippen molar-refractivity contribution in [2.75, 3.05) is 47.4 Å². The SMILES string of the molecule is CN=C(NCCCOC)NCCN(C)Cc1ccc(F)cc1. The van der Waals surface area contributed by atoms with E-state index in [-0.39, 0.29) is 5.82 Å². The van der Waals surface area contributed by atoms with Gasteiger partial charge in [0.25, 0.3) is 0 Å². The van der Waals surface area contributed by atoms with Gasteiger partial charge in [-0.15, -0.1) is 0 Å². The standard InChI is InChI=1S/C16H27FN4O/c1-18-16(19-9-4-12-22-3)20-10-11-21(2)13-14-5-7-15(17)8-6-14/h5-8H,4,9-13H2,1-3H3,(H2,18,19,20). The minimum atomic E-state index is -0.198. The monoisotopic (exact) mass is 310 g/mol. The van der Waals surface area contributed by atoms with E-state index in [1.807, 2.05) is 19.2 Å². The highest BCUT2D eigenvalue weighted by molar-refractivity contribution is 5.79. The highest BCUT2D eigenvalue weighted by atomic mass is 19.1. The van der Waals surface area contributed by atoms with E-state index in [4.69, 9.17) is 4.74 Å². The molecule has 1 aromatic carbocycles. The van der Waals surface area contributed by atoms with Crippen LogP contribution in [0.25, 0.3) is 0 Å². The van der Waals surface area contributed by atoms with E-state index < -0.39 is 0 Å². The number of halogens is 1. The van der Waals surface area contributed by atoms with Crippen molar-refractivity contribution in [3.05, 3.63) is 35.6 Å². The van der Waals surface area contributed by atoms with E-state index in [2.05, 4.69) is 20.5 Å². The second kappa shape index (κ2) is 11.0. The highest BCUT2D eigenvalue weighted by Gasteiger charge is 2.02. The molecule has 0 heterocycles. The van der Waals surface area contributed by atoms with Crippen molar-refractivity contribution in [3.63, 3.8) is 0 Å². The molecule has 2 N–H and O–H groups in total. The fraction of sp³-hybridized carbons (Fsp3) is 0.562. The molecule has 0 aromatic heterocycles. The third kappa shape index (κ3) is 7.95. The molecule has 0 amide bonds. The van der Waals surface area contributed by atoms with Gasteiger partial charge in [-0.3, -0.25) is 4.99 Å². The van der Waals surface area contributed by atoms with Gasteiger partial charge in [-0.2, -0.15) is 0 Å². The molecule has 22 heavy (non-hydrogen) atoms. The summed E-state index contributed by atoms with van der Waals surface area (Å²) in [6.45, 7) is 4.03. The zero-order chi connectivity index (χ0) is 16.2. The van der Waals surface area contributed by atoms with Gasteiger partial charge in [0.2, 0.25) is 0 Å². The Morgan fingerprint density at radius 2 is 1.91 bits per heavy atom. The lowest BCUT2D eigenvalue weighted by atomic mass is 10.2. The van der Waals surface area contributed by atoms with Crippen LogP contribution in [-0.2, 0) is 11.3 Å². The van der Waals surface area contributed by atoms with E-state index in [0.717, 1.165) is 50.7 Å². The second-order valence-corrected chi connectivity index (χ2v) is 5.14. The third-order valence-electron chi connectivity index (χ3n) is 3.19. The van der Waals surface area contributed by atoms with Crippen LogP contribution < -0.4 is 10.6 Å². The van der Waals surface area contributed by atoms with Gasteiger partial charge in [0, 0.05) is 46.9 Å². The zero-order valence-electron chi connectivity index (χ0n) is 13.7. The molecule has 0 saturated carbocycles. The van der Waals surface area contributed by atoms with Crippen LogP contribution in [0.4, 0.5) is 4.39 Å². The van der Waals surface area contributed by atoms with Gasteiger partial charge in [-0.05, 0) is 31.2 Å². The predicted octanol–water partition coefficient (Wildman–Crippen LogP) is 1.46. The average Bonchev–Trinajstić information content (AvgIpc) is 2.52. The summed E-state index contributed by atoms with van der Waals surface area (Å²) in [4.78, 5) is 6.35. The van der Waals surface area contributed by atoms with Crippen LogP contribution in [0.5, 0.6) is 0 Å². The Kier molecular flexibility index (Phi) is 9.18. The summed E-state index contributed by atoms with van der Waals surface area (Å²) in [6, 6.07) is 6.62. The van der Waals surface area contributed by atoms with Crippen LogP contribution in [0.1, 0.15) is 12.0 Å². The average molecular weight is 310 g/mol. The second-order valence-electron chi connectivity index (χ2n) is 5.14. The summed E-state index contributed by atoms with van der Waals surface area (Å²) < 4.78 is 17.9. The van der Waals surface area contributed by atoms with Gasteiger partial charge < -0.3 is 20.3 Å². The molecule has 1 aromatic rings. The van der Waals surface area contributed by atoms with E-state index in [1.54, 1.807) is 14.2 Å². The Morgan fingerprint density at radius 3 is 2.55 bits per heavy atom. The Morgan fingerprint density at radius 1 is 1.23 bits per heavy atom. The van der Waals surface area contributed by atoms with E-state index in [1.165, 1.54) is 12.1 Å². The van der Waals surface area contributed by atoms with Gasteiger partial charge in [0.1, 0.15) is 5.82 Å². The molecule has 0 spiro atoms. The molecule has 0 radical (unpaired) electrons. The predicted molar refractivity (Wildman–Crippen MR) is 88.6 cm³/mol. The fourth-order valence-electron chi connectivity index (χ4n) is 1.99. The van der Waals surface area contributed by atoms with Gasteiger partial charge in [0.15, 0.2) is 5.96 Å². The lowest BCUT2D eigenvalue weighted by Crippen LogP contribution is -2.41. The maximum absolute atomic E-state index is 12.9. The molecule has 0 aliphatic rings. The van der Waals surface area contributed by atoms with E-state index >= 15 is 0 Å². The highest BCUT2D eigenvalue weighted by Crippen LogP contribution is 2.04. The van der Waals surface area contributed by atoms with Crippen LogP contribution in [-0.4, -0.2) is 58.3 Å². The van der Waals surface area contributed by atoms with Gasteiger partial charge in [0.05, 0.1) is 0 Å². The van der Waals surface area contributed by atoms with Crippen LogP contribution in [0.15, 0.2) is 29.3 Å². The fourth-order valence-corrected chi connectivity index (χ4v) is 1.99. The van der Waals surface area contributed by atoms with Gasteiger partial charge >= 0.3 is 0 Å². The van der Waals surface area contributed by atoms with Crippen LogP contribution in [0, 0.1) is 5.82 Å². The van der Waals surface area contributed by atoms with Crippen molar-refractivity contribution in [2.45, 2.75) is 13.0 Å². The Hall–Kier alpha value is -1.66. The quantitative estimate of drug-likeness (QED) is 0.412. The number of aliphatic imine (C=N–C) groups is 1. The van der Waals surface area contributed by atoms with E-state index in [0.29, 0.717) is 0 Å². The maximum Gasteiger partial charge on any atom is 0.191 e. The first-order valence-corrected chi connectivity index (χ1v) is 7.52. The van der Waals surface area contributed by atoms with Gasteiger partial charge in [-0.1, -0.05) is 12.1 Å². The minimum absolute atomic E-state index is 0.198. The maximum atomic E-state index is 12.9. The molecular formula is C16H27FN4O. The number of methoxy groups -OCH3 is 1. The molecular weight excluding hydrogens is 283 g/mol. The molecule has 0 aliphatic carbocycles. The van der Waals surface area contributed by atoms with Crippen molar-refractivity contribution in [1.82, 2.24) is 15.5 Å². The molecule has 5 nitrogen and oxygen atoms in total. The number of benzene rings is 1. The summed E-state index contributed by atoms with van der Waals surface area (Å²) in [7, 11) is 5.50. The summed E-state index contributed by atoms with van der Waals surface area (Å²) in [5, 5.41) is 6.50. The van der Waals surface area contributed by atoms with E-state index in [9.17, 15) is 4.39 Å². The van der Waals surface area contributed by atoms with Crippen LogP contribution >= 0.6 is 0 Å². The van der Waals surface area contributed by atoms with Crippen molar-refractivity contribution >= 4 is 5.96 Å². The normalized spacial score (nSPS) is 11.8. The number of likely N-dealkylation sites (N-methyl/N-ethyl adjacent to an activating group) is 1. The molecule has 0 bridgehead atoms. The summed E-state index contributed by atoms with van der Waals surface area (Å²) >= 11 is 0. The lowest BCUT2D eigenvalue weighted by molar-refractivity contribution is 0.195. The van der Waals surface area contributed by atoms with Gasteiger partial charge in [-0.25, -0.2) is 4.39 Å². The van der Waals surface area contributed by atoms with Crippen molar-refractivity contribution in [1.29, 1.82) is 0 Å². The lowest BCUT2D eigenvalue weighted by Gasteiger charge is -2.18. The first-order valence-electron chi connectivity index (χ1n) is 7.52. The third-order valence-corrected chi connectivity index (χ3v) is 3.19. The molecule has 0 fully saturated rings. The molecule has 0 atom stereocenters. The first-order chi connectivity index (χ1) is 10.7. The summed E-state index contributed by atoms with van der Waals surface area (Å²) in [6.07, 6.45) is 0.946. The van der Waals surface area contributed by atoms with Crippen molar-refractivity contribution < 1.29 is 9.13 Å². The summed E-state index contributed by atoms with van der Waals surface area (Å²) in [5.41, 5.74) is 1.10. The van der Waals surface area contributed by atoms with Crippen molar-refractivity contribution in [2.24, 2.45) is 4.99 Å². The molecule has 1 rings (SSSR count). The first kappa shape index (κ1) is 18.4. The van der Waals surface area contributed by atoms with Crippen LogP contribution in [0.3, 0.4) is 0 Å². The number of rotatable bonds is 9. The molecule has 6 heteroatoms.